The van der Waals surface area contributed by atoms with Gasteiger partial charge in [-0.2, -0.15) is 25.3 Å². The molecule has 57 heavy (non-hydrogen) atoms. The van der Waals surface area contributed by atoms with Gasteiger partial charge in [-0.15, -0.1) is 0 Å². The molecule has 5 aromatic rings. The van der Waals surface area contributed by atoms with Crippen LogP contribution in [-0.4, -0.2) is 45.3 Å². The quantitative estimate of drug-likeness (QED) is 0.0232. The molecule has 0 unspecified atom stereocenters. The maximum atomic E-state index is 10.4. The highest BCUT2D eigenvalue weighted by molar-refractivity contribution is 5.78. The van der Waals surface area contributed by atoms with Crippen LogP contribution in [0, 0.1) is 6.92 Å². The van der Waals surface area contributed by atoms with Crippen molar-refractivity contribution in [2.75, 3.05) is 40.1 Å². The molecule has 0 spiro atoms. The average Bonchev–Trinajstić information content (AvgIpc) is 3.25. The Labute approximate surface area is 336 Å². The van der Waals surface area contributed by atoms with E-state index in [1.54, 1.807) is 7.11 Å². The lowest BCUT2D eigenvalue weighted by Crippen LogP contribution is -2.10. The summed E-state index contributed by atoms with van der Waals surface area (Å²) in [5, 5.41) is 27.8. The summed E-state index contributed by atoms with van der Waals surface area (Å²) in [7, 11) is 1.63. The second kappa shape index (κ2) is 24.0. The SMILES string of the molecule is CCCCCCOc1ccc(/N=N/c2ccc(/C=C/c3cc(CO)c(/C=C/c4ccc(/N=N/c5ccc(C)cc5)cc4)cc3OOCCOCCOC)cc2)cc1. The van der Waals surface area contributed by atoms with Gasteiger partial charge in [0.05, 0.1) is 55.8 Å². The van der Waals surface area contributed by atoms with Crippen LogP contribution in [0.15, 0.2) is 130 Å². The molecule has 0 aromatic heterocycles. The van der Waals surface area contributed by atoms with Gasteiger partial charge in [0.15, 0.2) is 5.75 Å². The third kappa shape index (κ3) is 15.0. The Morgan fingerprint density at radius 1 is 0.561 bits per heavy atom. The number of unbranched alkanes of at least 4 members (excludes halogenated alkanes) is 3. The van der Waals surface area contributed by atoms with Crippen molar-refractivity contribution in [1.82, 2.24) is 0 Å². The molecule has 10 heteroatoms. The van der Waals surface area contributed by atoms with Crippen molar-refractivity contribution < 1.29 is 29.1 Å². The Bertz CT molecular complexity index is 2040. The second-order valence-electron chi connectivity index (χ2n) is 13.2. The van der Waals surface area contributed by atoms with Crippen molar-refractivity contribution >= 4 is 47.1 Å². The lowest BCUT2D eigenvalue weighted by molar-refractivity contribution is -0.215. The first-order chi connectivity index (χ1) is 28.0. The van der Waals surface area contributed by atoms with Gasteiger partial charge in [-0.1, -0.05) is 92.5 Å². The van der Waals surface area contributed by atoms with Crippen molar-refractivity contribution in [1.29, 1.82) is 0 Å². The molecule has 10 nitrogen and oxygen atoms in total. The molecule has 0 aliphatic carbocycles. The number of rotatable bonds is 23. The largest absolute Gasteiger partial charge is 0.494 e. The first-order valence-electron chi connectivity index (χ1n) is 19.4. The second-order valence-corrected chi connectivity index (χ2v) is 13.2. The Balaban J connectivity index is 1.25. The first kappa shape index (κ1) is 42.4. The van der Waals surface area contributed by atoms with E-state index in [-0.39, 0.29) is 13.2 Å². The molecular weight excluding hydrogens is 717 g/mol. The molecule has 0 radical (unpaired) electrons. The van der Waals surface area contributed by atoms with Crippen LogP contribution < -0.4 is 9.62 Å². The topological polar surface area (TPSA) is 116 Å². The lowest BCUT2D eigenvalue weighted by atomic mass is 10.0. The van der Waals surface area contributed by atoms with Crippen LogP contribution in [0.1, 0.15) is 66.0 Å². The Hall–Kier alpha value is -5.78. The van der Waals surface area contributed by atoms with Gasteiger partial charge in [0.1, 0.15) is 12.4 Å². The van der Waals surface area contributed by atoms with E-state index in [9.17, 15) is 5.11 Å². The van der Waals surface area contributed by atoms with E-state index in [0.29, 0.717) is 25.6 Å². The van der Waals surface area contributed by atoms with Crippen molar-refractivity contribution in [3.8, 4) is 11.5 Å². The molecule has 0 atom stereocenters. The standard InChI is InChI=1S/C47H52N4O6/c1-4-5-6-7-28-55-46-26-24-45(25-27-46)51-50-44-22-14-38(15-23-44)11-17-40-33-41(35-52)39(34-47(40)57-56-32-31-54-30-29-53-3)16-10-37-12-20-43(21-13-37)49-48-42-18-8-36(2)9-19-42/h8-27,33-34,52H,4-7,28-32,35H2,1-3H3/b16-10+,17-11+,49-48+,51-50+. The Kier molecular flexibility index (Phi) is 17.8. The van der Waals surface area contributed by atoms with Crippen LogP contribution in [0.5, 0.6) is 11.5 Å². The molecule has 296 valence electrons. The highest BCUT2D eigenvalue weighted by atomic mass is 17.2. The molecular formula is C47H52N4O6. The number of hydrogen-bond acceptors (Lipinski definition) is 10. The minimum Gasteiger partial charge on any atom is -0.494 e. The van der Waals surface area contributed by atoms with E-state index in [1.807, 2.05) is 140 Å². The van der Waals surface area contributed by atoms with E-state index in [0.717, 1.165) is 69.3 Å². The highest BCUT2D eigenvalue weighted by Crippen LogP contribution is 2.29. The summed E-state index contributed by atoms with van der Waals surface area (Å²) in [5.41, 5.74) is 8.36. The molecule has 0 saturated carbocycles. The Morgan fingerprint density at radius 2 is 1.11 bits per heavy atom. The number of benzene rings is 5. The van der Waals surface area contributed by atoms with Crippen LogP contribution in [0.2, 0.25) is 0 Å². The predicted molar refractivity (Wildman–Crippen MR) is 228 cm³/mol. The number of aryl methyl sites for hydroxylation is 1. The van der Waals surface area contributed by atoms with Gasteiger partial charge < -0.3 is 24.2 Å². The van der Waals surface area contributed by atoms with Crippen LogP contribution >= 0.6 is 0 Å². The third-order valence-corrected chi connectivity index (χ3v) is 8.73. The predicted octanol–water partition coefficient (Wildman–Crippen LogP) is 12.6. The normalized spacial score (nSPS) is 11.8. The zero-order valence-corrected chi connectivity index (χ0v) is 33.1. The molecule has 0 aliphatic rings. The summed E-state index contributed by atoms with van der Waals surface area (Å²) in [6.45, 7) is 6.33. The molecule has 0 aliphatic heterocycles. The minimum atomic E-state index is -0.165. The number of aliphatic hydroxyl groups excluding tert-OH is 1. The lowest BCUT2D eigenvalue weighted by Gasteiger charge is -2.12. The van der Waals surface area contributed by atoms with Crippen molar-refractivity contribution in [2.24, 2.45) is 20.5 Å². The minimum absolute atomic E-state index is 0.165. The summed E-state index contributed by atoms with van der Waals surface area (Å²) in [6, 6.07) is 34.8. The Morgan fingerprint density at radius 3 is 1.67 bits per heavy atom. The van der Waals surface area contributed by atoms with E-state index in [2.05, 4.69) is 27.4 Å². The fourth-order valence-electron chi connectivity index (χ4n) is 5.44. The maximum absolute atomic E-state index is 10.4. The first-order valence-corrected chi connectivity index (χ1v) is 19.4. The van der Waals surface area contributed by atoms with Crippen LogP contribution in [-0.2, 0) is 21.0 Å². The summed E-state index contributed by atoms with van der Waals surface area (Å²) in [4.78, 5) is 11.3. The van der Waals surface area contributed by atoms with Gasteiger partial charge in [0.2, 0.25) is 0 Å². The summed E-state index contributed by atoms with van der Waals surface area (Å²) in [5.74, 6) is 1.33. The van der Waals surface area contributed by atoms with Crippen LogP contribution in [0.4, 0.5) is 22.7 Å². The summed E-state index contributed by atoms with van der Waals surface area (Å²) >= 11 is 0. The van der Waals surface area contributed by atoms with Gasteiger partial charge in [0, 0.05) is 12.7 Å². The molecule has 0 saturated heterocycles. The fourth-order valence-corrected chi connectivity index (χ4v) is 5.44. The molecule has 5 aromatic carbocycles. The van der Waals surface area contributed by atoms with Crippen LogP contribution in [0.3, 0.4) is 0 Å². The zero-order chi connectivity index (χ0) is 39.9. The summed E-state index contributed by atoms with van der Waals surface area (Å²) in [6.07, 6.45) is 12.5. The molecule has 0 fully saturated rings. The smallest absolute Gasteiger partial charge is 0.173 e. The number of methoxy groups -OCH3 is 1. The number of nitrogens with zero attached hydrogens (tertiary/aromatic N) is 4. The average molecular weight is 769 g/mol. The number of azo groups is 2. The van der Waals surface area contributed by atoms with E-state index < -0.39 is 0 Å². The van der Waals surface area contributed by atoms with Crippen molar-refractivity contribution in [3.63, 3.8) is 0 Å². The van der Waals surface area contributed by atoms with Gasteiger partial charge in [-0.05, 0) is 108 Å². The van der Waals surface area contributed by atoms with E-state index in [1.165, 1.54) is 24.8 Å². The van der Waals surface area contributed by atoms with Crippen molar-refractivity contribution in [3.05, 3.63) is 143 Å². The van der Waals surface area contributed by atoms with Crippen LogP contribution in [0.25, 0.3) is 24.3 Å². The molecule has 0 bridgehead atoms. The monoisotopic (exact) mass is 768 g/mol. The van der Waals surface area contributed by atoms with E-state index in [4.69, 9.17) is 24.0 Å². The summed E-state index contributed by atoms with van der Waals surface area (Å²) < 4.78 is 16.4. The van der Waals surface area contributed by atoms with Gasteiger partial charge in [-0.3, -0.25) is 0 Å². The van der Waals surface area contributed by atoms with Gasteiger partial charge in [-0.25, -0.2) is 0 Å². The van der Waals surface area contributed by atoms with E-state index >= 15 is 0 Å². The van der Waals surface area contributed by atoms with Gasteiger partial charge in [0.25, 0.3) is 0 Å². The molecule has 0 amide bonds. The third-order valence-electron chi connectivity index (χ3n) is 8.73. The highest BCUT2D eigenvalue weighted by Gasteiger charge is 2.10. The fraction of sp³-hybridized carbons (Fsp3) is 0.277. The zero-order valence-electron chi connectivity index (χ0n) is 33.1. The maximum Gasteiger partial charge on any atom is 0.173 e. The number of ether oxygens (including phenoxy) is 3. The number of hydrogen-bond donors (Lipinski definition) is 1. The van der Waals surface area contributed by atoms with Crippen molar-refractivity contribution in [2.45, 2.75) is 46.1 Å². The molecule has 1 N–H and O–H groups in total. The van der Waals surface area contributed by atoms with Gasteiger partial charge >= 0.3 is 0 Å². The number of aliphatic hydroxyl groups is 1. The molecule has 0 heterocycles. The molecule has 5 rings (SSSR count).